The maximum atomic E-state index is 13.1. The van der Waals surface area contributed by atoms with E-state index in [1.54, 1.807) is 6.07 Å². The van der Waals surface area contributed by atoms with Crippen LogP contribution in [0.25, 0.3) is 5.57 Å². The molecule has 25 heavy (non-hydrogen) atoms. The van der Waals surface area contributed by atoms with Crippen LogP contribution in [0.15, 0.2) is 29.8 Å². The lowest BCUT2D eigenvalue weighted by Gasteiger charge is -2.17. The van der Waals surface area contributed by atoms with Crippen LogP contribution in [0.1, 0.15) is 19.4 Å². The summed E-state index contributed by atoms with van der Waals surface area (Å²) in [6.07, 6.45) is -8.55. The third-order valence-electron chi connectivity index (χ3n) is 4.41. The standard InChI is InChI=1S/C17H17ClF4O3/c1-16(2)12(13(16)14(23)24-3)11(8-18)9-5-4-6-10(7-9)25-17(21,22)15(19)20/h4-8,12-13,15H,1-3H3. The predicted octanol–water partition coefficient (Wildman–Crippen LogP) is 4.95. The minimum absolute atomic E-state index is 0.289. The highest BCUT2D eigenvalue weighted by atomic mass is 35.5. The topological polar surface area (TPSA) is 35.5 Å². The fraction of sp³-hybridized carbons (Fsp3) is 0.471. The van der Waals surface area contributed by atoms with E-state index >= 15 is 0 Å². The van der Waals surface area contributed by atoms with Crippen LogP contribution in [0.5, 0.6) is 5.75 Å². The summed E-state index contributed by atoms with van der Waals surface area (Å²) in [5.41, 5.74) is 1.74. The smallest absolute Gasteiger partial charge is 0.461 e. The number of benzene rings is 1. The van der Waals surface area contributed by atoms with E-state index < -0.39 is 35.6 Å². The number of rotatable bonds is 6. The zero-order chi connectivity index (χ0) is 19.0. The molecule has 0 aromatic heterocycles. The summed E-state index contributed by atoms with van der Waals surface area (Å²) in [4.78, 5) is 11.9. The summed E-state index contributed by atoms with van der Waals surface area (Å²) in [6.45, 7) is 3.70. The fourth-order valence-electron chi connectivity index (χ4n) is 3.04. The summed E-state index contributed by atoms with van der Waals surface area (Å²) in [6, 6.07) is 5.29. The van der Waals surface area contributed by atoms with Gasteiger partial charge in [0.2, 0.25) is 0 Å². The molecule has 0 spiro atoms. The molecule has 0 saturated heterocycles. The van der Waals surface area contributed by atoms with E-state index in [2.05, 4.69) is 4.74 Å². The van der Waals surface area contributed by atoms with Gasteiger partial charge in [-0.05, 0) is 28.7 Å². The summed E-state index contributed by atoms with van der Waals surface area (Å²) >= 11 is 5.89. The lowest BCUT2D eigenvalue weighted by atomic mass is 9.98. The van der Waals surface area contributed by atoms with Gasteiger partial charge in [0.25, 0.3) is 0 Å². The Hall–Kier alpha value is -1.76. The molecule has 0 N–H and O–H groups in total. The van der Waals surface area contributed by atoms with Crippen molar-refractivity contribution < 1.29 is 31.8 Å². The molecule has 0 heterocycles. The van der Waals surface area contributed by atoms with Crippen LogP contribution in [0.2, 0.25) is 0 Å². The van der Waals surface area contributed by atoms with Crippen molar-refractivity contribution in [1.29, 1.82) is 0 Å². The molecule has 8 heteroatoms. The first-order chi connectivity index (χ1) is 11.6. The Morgan fingerprint density at radius 3 is 2.48 bits per heavy atom. The Morgan fingerprint density at radius 2 is 1.96 bits per heavy atom. The van der Waals surface area contributed by atoms with E-state index in [0.29, 0.717) is 11.1 Å². The minimum Gasteiger partial charge on any atom is -0.469 e. The van der Waals surface area contributed by atoms with E-state index in [0.717, 1.165) is 6.07 Å². The van der Waals surface area contributed by atoms with Crippen molar-refractivity contribution in [3.63, 3.8) is 0 Å². The van der Waals surface area contributed by atoms with Gasteiger partial charge < -0.3 is 9.47 Å². The number of hydrogen-bond donors (Lipinski definition) is 0. The molecule has 1 aromatic carbocycles. The van der Waals surface area contributed by atoms with Crippen LogP contribution in [-0.2, 0) is 9.53 Å². The lowest BCUT2D eigenvalue weighted by Crippen LogP contribution is -2.33. The zero-order valence-corrected chi connectivity index (χ0v) is 14.5. The SMILES string of the molecule is COC(=O)C1C(C(=CCl)c2cccc(OC(F)(F)C(F)F)c2)C1(C)C. The second kappa shape index (κ2) is 6.86. The number of methoxy groups -OCH3 is 1. The molecule has 0 amide bonds. The molecule has 1 saturated carbocycles. The third kappa shape index (κ3) is 3.76. The molecule has 138 valence electrons. The molecule has 2 rings (SSSR count). The van der Waals surface area contributed by atoms with E-state index in [4.69, 9.17) is 16.3 Å². The average Bonchev–Trinajstić information content (AvgIpc) is 3.09. The first-order valence-corrected chi connectivity index (χ1v) is 7.83. The normalized spacial score (nSPS) is 22.7. The molecule has 1 aliphatic rings. The fourth-order valence-corrected chi connectivity index (χ4v) is 3.30. The first-order valence-electron chi connectivity index (χ1n) is 7.39. The maximum Gasteiger partial charge on any atom is 0.461 e. The molecule has 0 radical (unpaired) electrons. The van der Waals surface area contributed by atoms with Crippen molar-refractivity contribution in [2.24, 2.45) is 17.3 Å². The quantitative estimate of drug-likeness (QED) is 0.517. The monoisotopic (exact) mass is 380 g/mol. The van der Waals surface area contributed by atoms with Gasteiger partial charge in [0.1, 0.15) is 5.75 Å². The summed E-state index contributed by atoms with van der Waals surface area (Å²) in [5.74, 6) is -1.55. The highest BCUT2D eigenvalue weighted by Gasteiger charge is 2.64. The second-order valence-corrected chi connectivity index (χ2v) is 6.57. The van der Waals surface area contributed by atoms with Crippen LogP contribution >= 0.6 is 11.6 Å². The largest absolute Gasteiger partial charge is 0.469 e. The lowest BCUT2D eigenvalue weighted by molar-refractivity contribution is -0.253. The van der Waals surface area contributed by atoms with E-state index in [1.165, 1.54) is 24.8 Å². The summed E-state index contributed by atoms with van der Waals surface area (Å²) in [7, 11) is 1.28. The highest BCUT2D eigenvalue weighted by molar-refractivity contribution is 6.28. The van der Waals surface area contributed by atoms with E-state index in [9.17, 15) is 22.4 Å². The van der Waals surface area contributed by atoms with Crippen molar-refractivity contribution in [3.05, 3.63) is 35.4 Å². The number of halogens is 5. The second-order valence-electron chi connectivity index (χ2n) is 6.36. The zero-order valence-electron chi connectivity index (χ0n) is 13.7. The Bertz CT molecular complexity index is 688. The van der Waals surface area contributed by atoms with Crippen LogP contribution < -0.4 is 4.74 Å². The minimum atomic E-state index is -4.60. The Morgan fingerprint density at radius 1 is 1.32 bits per heavy atom. The van der Waals surface area contributed by atoms with Gasteiger partial charge in [-0.3, -0.25) is 4.79 Å². The summed E-state index contributed by atoms with van der Waals surface area (Å²) in [5, 5.41) is 0. The predicted molar refractivity (Wildman–Crippen MR) is 84.6 cm³/mol. The molecule has 0 bridgehead atoms. The Labute approximate surface area is 147 Å². The molecule has 3 nitrogen and oxygen atoms in total. The van der Waals surface area contributed by atoms with E-state index in [-0.39, 0.29) is 5.92 Å². The van der Waals surface area contributed by atoms with Crippen LogP contribution in [-0.4, -0.2) is 25.6 Å². The van der Waals surface area contributed by atoms with Crippen molar-refractivity contribution in [3.8, 4) is 5.75 Å². The number of carbonyl (C=O) groups is 1. The van der Waals surface area contributed by atoms with Gasteiger partial charge in [-0.2, -0.15) is 17.6 Å². The van der Waals surface area contributed by atoms with Gasteiger partial charge in [0.15, 0.2) is 0 Å². The van der Waals surface area contributed by atoms with Crippen LogP contribution in [0.3, 0.4) is 0 Å². The van der Waals surface area contributed by atoms with Gasteiger partial charge >= 0.3 is 18.5 Å². The van der Waals surface area contributed by atoms with Gasteiger partial charge in [-0.1, -0.05) is 37.6 Å². The number of hydrogen-bond acceptors (Lipinski definition) is 3. The molecule has 1 fully saturated rings. The maximum absolute atomic E-state index is 13.1. The molecule has 2 unspecified atom stereocenters. The Kier molecular flexibility index (Phi) is 5.37. The molecule has 0 aliphatic heterocycles. The number of ether oxygens (including phenoxy) is 2. The average molecular weight is 381 g/mol. The molecular weight excluding hydrogens is 364 g/mol. The van der Waals surface area contributed by atoms with Crippen molar-refractivity contribution in [2.75, 3.05) is 7.11 Å². The first kappa shape index (κ1) is 19.6. The van der Waals surface area contributed by atoms with Crippen molar-refractivity contribution in [2.45, 2.75) is 26.4 Å². The van der Waals surface area contributed by atoms with Crippen molar-refractivity contribution in [1.82, 2.24) is 0 Å². The van der Waals surface area contributed by atoms with Gasteiger partial charge in [-0.15, -0.1) is 0 Å². The van der Waals surface area contributed by atoms with Crippen LogP contribution in [0.4, 0.5) is 17.6 Å². The van der Waals surface area contributed by atoms with Gasteiger partial charge in [0.05, 0.1) is 13.0 Å². The summed E-state index contributed by atoms with van der Waals surface area (Å²) < 4.78 is 59.6. The molecule has 1 aromatic rings. The number of allylic oxidation sites excluding steroid dienone is 1. The number of alkyl halides is 4. The van der Waals surface area contributed by atoms with Crippen LogP contribution in [0, 0.1) is 17.3 Å². The highest BCUT2D eigenvalue weighted by Crippen LogP contribution is 2.64. The number of esters is 1. The molecular formula is C17H17ClF4O3. The van der Waals surface area contributed by atoms with E-state index in [1.807, 2.05) is 13.8 Å². The molecule has 1 aliphatic carbocycles. The Balaban J connectivity index is 2.29. The van der Waals surface area contributed by atoms with Crippen molar-refractivity contribution >= 4 is 23.1 Å². The number of carbonyl (C=O) groups excluding carboxylic acids is 1. The van der Waals surface area contributed by atoms with Gasteiger partial charge in [0, 0.05) is 11.5 Å². The third-order valence-corrected chi connectivity index (χ3v) is 4.65. The molecule has 2 atom stereocenters. The van der Waals surface area contributed by atoms with Gasteiger partial charge in [-0.25, -0.2) is 0 Å².